The molecule has 2 fully saturated rings. The molecule has 0 unspecified atom stereocenters. The minimum Gasteiger partial charge on any atom is -0.370 e. The molecule has 0 N–H and O–H groups in total. The standard InChI is InChI=1S/C25H32N2O/c1-2-25(11-3-4-12-25)18-26-13-6-14-27(16-15-26)22-10-9-19-17-23(28)21-8-5-7-20(22)24(19)21/h5,7-10H,2-4,6,11-18H2,1H3. The van der Waals surface area contributed by atoms with Crippen molar-refractivity contribution in [2.24, 2.45) is 5.41 Å². The van der Waals surface area contributed by atoms with E-state index in [4.69, 9.17) is 0 Å². The Bertz CT molecular complexity index is 897. The normalized spacial score (nSPS) is 22.2. The van der Waals surface area contributed by atoms with Gasteiger partial charge in [0.25, 0.3) is 0 Å². The van der Waals surface area contributed by atoms with Crippen LogP contribution in [0.2, 0.25) is 0 Å². The molecular weight excluding hydrogens is 344 g/mol. The van der Waals surface area contributed by atoms with E-state index in [2.05, 4.69) is 41.0 Å². The zero-order chi connectivity index (χ0) is 19.1. The van der Waals surface area contributed by atoms with Gasteiger partial charge in [-0.1, -0.05) is 44.0 Å². The average molecular weight is 377 g/mol. The third-order valence-electron chi connectivity index (χ3n) is 7.66. The van der Waals surface area contributed by atoms with Crippen LogP contribution in [-0.4, -0.2) is 43.4 Å². The van der Waals surface area contributed by atoms with E-state index in [0.717, 1.165) is 25.2 Å². The number of hydrogen-bond donors (Lipinski definition) is 0. The van der Waals surface area contributed by atoms with Gasteiger partial charge in [0, 0.05) is 49.2 Å². The molecule has 2 aromatic carbocycles. The van der Waals surface area contributed by atoms with Crippen LogP contribution in [0.3, 0.4) is 0 Å². The summed E-state index contributed by atoms with van der Waals surface area (Å²) in [6, 6.07) is 10.7. The molecule has 3 nitrogen and oxygen atoms in total. The van der Waals surface area contributed by atoms with Crippen molar-refractivity contribution in [3.05, 3.63) is 41.5 Å². The molecular formula is C25H32N2O. The molecule has 3 heteroatoms. The van der Waals surface area contributed by atoms with Crippen LogP contribution in [-0.2, 0) is 6.42 Å². The van der Waals surface area contributed by atoms with Crippen LogP contribution >= 0.6 is 0 Å². The van der Waals surface area contributed by atoms with Gasteiger partial charge < -0.3 is 9.80 Å². The summed E-state index contributed by atoms with van der Waals surface area (Å²) in [5.74, 6) is 0.279. The highest BCUT2D eigenvalue weighted by molar-refractivity contribution is 6.17. The fourth-order valence-electron chi connectivity index (χ4n) is 5.98. The third kappa shape index (κ3) is 3.04. The zero-order valence-corrected chi connectivity index (χ0v) is 17.2. The van der Waals surface area contributed by atoms with Crippen molar-refractivity contribution >= 4 is 22.2 Å². The molecule has 2 aliphatic carbocycles. The molecule has 0 radical (unpaired) electrons. The predicted octanol–water partition coefficient (Wildman–Crippen LogP) is 5.06. The van der Waals surface area contributed by atoms with Crippen LogP contribution in [0.25, 0.3) is 10.8 Å². The van der Waals surface area contributed by atoms with E-state index in [1.165, 1.54) is 73.6 Å². The Kier molecular flexibility index (Phi) is 4.66. The summed E-state index contributed by atoms with van der Waals surface area (Å²) in [5.41, 5.74) is 4.04. The fraction of sp³-hybridized carbons (Fsp3) is 0.560. The second-order valence-corrected chi connectivity index (χ2v) is 9.25. The Morgan fingerprint density at radius 2 is 1.82 bits per heavy atom. The lowest BCUT2D eigenvalue weighted by molar-refractivity contribution is 0.1000. The van der Waals surface area contributed by atoms with Crippen molar-refractivity contribution in [3.8, 4) is 0 Å². The van der Waals surface area contributed by atoms with Crippen LogP contribution in [0.15, 0.2) is 30.3 Å². The number of anilines is 1. The summed E-state index contributed by atoms with van der Waals surface area (Å²) < 4.78 is 0. The number of nitrogens with zero attached hydrogens (tertiary/aromatic N) is 2. The first-order valence-corrected chi connectivity index (χ1v) is 11.2. The summed E-state index contributed by atoms with van der Waals surface area (Å²) in [4.78, 5) is 17.6. The summed E-state index contributed by atoms with van der Waals surface area (Å²) >= 11 is 0. The SMILES string of the molecule is CCC1(CN2CCCN(c3ccc4c5c(cccc35)C(=O)C4)CC2)CCCC1. The van der Waals surface area contributed by atoms with E-state index >= 15 is 0 Å². The van der Waals surface area contributed by atoms with Crippen LogP contribution < -0.4 is 4.90 Å². The van der Waals surface area contributed by atoms with Crippen LogP contribution in [0.5, 0.6) is 0 Å². The molecule has 5 rings (SSSR count). The minimum absolute atomic E-state index is 0.279. The van der Waals surface area contributed by atoms with Gasteiger partial charge in [-0.25, -0.2) is 0 Å². The average Bonchev–Trinajstić information content (AvgIpc) is 3.23. The first-order chi connectivity index (χ1) is 13.7. The van der Waals surface area contributed by atoms with E-state index in [-0.39, 0.29) is 5.78 Å². The number of rotatable bonds is 4. The van der Waals surface area contributed by atoms with Crippen molar-refractivity contribution in [2.75, 3.05) is 37.6 Å². The maximum Gasteiger partial charge on any atom is 0.167 e. The molecule has 28 heavy (non-hydrogen) atoms. The van der Waals surface area contributed by atoms with Crippen molar-refractivity contribution in [1.82, 2.24) is 4.90 Å². The Balaban J connectivity index is 1.37. The highest BCUT2D eigenvalue weighted by atomic mass is 16.1. The molecule has 1 saturated heterocycles. The lowest BCUT2D eigenvalue weighted by atomic mass is 9.83. The van der Waals surface area contributed by atoms with Crippen LogP contribution in [0.1, 0.15) is 61.4 Å². The predicted molar refractivity (Wildman–Crippen MR) is 116 cm³/mol. The Morgan fingerprint density at radius 1 is 0.964 bits per heavy atom. The first-order valence-electron chi connectivity index (χ1n) is 11.2. The first kappa shape index (κ1) is 18.2. The number of benzene rings is 2. The molecule has 148 valence electrons. The molecule has 0 atom stereocenters. The number of carbonyl (C=O) groups is 1. The van der Waals surface area contributed by atoms with E-state index in [0.29, 0.717) is 11.8 Å². The number of Topliss-reactive ketones (excluding diaryl/α,β-unsaturated/α-hetero) is 1. The molecule has 0 spiro atoms. The third-order valence-corrected chi connectivity index (χ3v) is 7.66. The quantitative estimate of drug-likeness (QED) is 0.745. The van der Waals surface area contributed by atoms with Gasteiger partial charge in [0.15, 0.2) is 5.78 Å². The van der Waals surface area contributed by atoms with Gasteiger partial charge >= 0.3 is 0 Å². The molecule has 0 bridgehead atoms. The number of carbonyl (C=O) groups excluding carboxylic acids is 1. The largest absolute Gasteiger partial charge is 0.370 e. The van der Waals surface area contributed by atoms with E-state index in [1.54, 1.807) is 0 Å². The summed E-state index contributed by atoms with van der Waals surface area (Å²) in [6.07, 6.45) is 8.82. The number of hydrogen-bond acceptors (Lipinski definition) is 3. The Hall–Kier alpha value is -1.87. The molecule has 3 aliphatic rings. The fourth-order valence-corrected chi connectivity index (χ4v) is 5.98. The highest BCUT2D eigenvalue weighted by Crippen LogP contribution is 2.42. The zero-order valence-electron chi connectivity index (χ0n) is 17.2. The van der Waals surface area contributed by atoms with Gasteiger partial charge in [-0.05, 0) is 54.7 Å². The molecule has 1 aliphatic heterocycles. The van der Waals surface area contributed by atoms with Gasteiger partial charge in [0.05, 0.1) is 0 Å². The van der Waals surface area contributed by atoms with Gasteiger partial charge in [0.1, 0.15) is 0 Å². The van der Waals surface area contributed by atoms with Gasteiger partial charge in [-0.3, -0.25) is 4.79 Å². The molecule has 0 amide bonds. The monoisotopic (exact) mass is 376 g/mol. The van der Waals surface area contributed by atoms with E-state index < -0.39 is 0 Å². The van der Waals surface area contributed by atoms with Crippen LogP contribution in [0.4, 0.5) is 5.69 Å². The van der Waals surface area contributed by atoms with Gasteiger partial charge in [-0.15, -0.1) is 0 Å². The maximum absolute atomic E-state index is 12.3. The topological polar surface area (TPSA) is 23.6 Å². The van der Waals surface area contributed by atoms with Crippen molar-refractivity contribution in [3.63, 3.8) is 0 Å². The summed E-state index contributed by atoms with van der Waals surface area (Å²) in [5, 5.41) is 2.48. The second kappa shape index (κ2) is 7.18. The van der Waals surface area contributed by atoms with E-state index in [9.17, 15) is 4.79 Å². The molecule has 1 saturated carbocycles. The number of ketones is 1. The van der Waals surface area contributed by atoms with E-state index in [1.807, 2.05) is 6.07 Å². The van der Waals surface area contributed by atoms with Crippen molar-refractivity contribution < 1.29 is 4.79 Å². The van der Waals surface area contributed by atoms with Crippen LogP contribution in [0, 0.1) is 5.41 Å². The minimum atomic E-state index is 0.279. The Labute approximate surface area is 168 Å². The molecule has 2 aromatic rings. The lowest BCUT2D eigenvalue weighted by Crippen LogP contribution is -2.38. The summed E-state index contributed by atoms with van der Waals surface area (Å²) in [7, 11) is 0. The van der Waals surface area contributed by atoms with Crippen molar-refractivity contribution in [2.45, 2.75) is 51.9 Å². The molecule has 0 aromatic heterocycles. The highest BCUT2D eigenvalue weighted by Gasteiger charge is 2.34. The second-order valence-electron chi connectivity index (χ2n) is 9.25. The maximum atomic E-state index is 12.3. The smallest absolute Gasteiger partial charge is 0.167 e. The van der Waals surface area contributed by atoms with Gasteiger partial charge in [0.2, 0.25) is 0 Å². The summed E-state index contributed by atoms with van der Waals surface area (Å²) in [6.45, 7) is 8.26. The van der Waals surface area contributed by atoms with Gasteiger partial charge in [-0.2, -0.15) is 0 Å². The lowest BCUT2D eigenvalue weighted by Gasteiger charge is -2.34. The Morgan fingerprint density at radius 3 is 2.64 bits per heavy atom. The molecule has 1 heterocycles. The van der Waals surface area contributed by atoms with Crippen molar-refractivity contribution in [1.29, 1.82) is 0 Å².